The van der Waals surface area contributed by atoms with Crippen molar-refractivity contribution >= 4 is 17.6 Å². The molecule has 0 saturated carbocycles. The van der Waals surface area contributed by atoms with Crippen LogP contribution in [-0.2, 0) is 25.7 Å². The van der Waals surface area contributed by atoms with Crippen LogP contribution in [0.1, 0.15) is 12.5 Å². The lowest BCUT2D eigenvalue weighted by Crippen LogP contribution is -2.61. The standard InChI is InChI=1S/C16H21NO9/c1-7(18)24-6-8-3-4-10(9(5-8)17-2)25-16-13(21)11(19)12(20)14(26-16)15(22)23/h3-5,11-14,16-17,19-21H,6H2,1-2H3,(H,22,23)/t11-,12-,13+,14-,16+/m0/s1. The molecule has 0 radical (unpaired) electrons. The zero-order valence-electron chi connectivity index (χ0n) is 14.2. The van der Waals surface area contributed by atoms with E-state index in [1.165, 1.54) is 13.0 Å². The minimum absolute atomic E-state index is 0.0544. The number of hydrogen-bond donors (Lipinski definition) is 5. The van der Waals surface area contributed by atoms with Gasteiger partial charge in [-0.3, -0.25) is 4.79 Å². The summed E-state index contributed by atoms with van der Waals surface area (Å²) < 4.78 is 15.5. The molecule has 0 aromatic heterocycles. The summed E-state index contributed by atoms with van der Waals surface area (Å²) >= 11 is 0. The molecule has 10 heteroatoms. The number of benzene rings is 1. The topological polar surface area (TPSA) is 155 Å². The van der Waals surface area contributed by atoms with E-state index in [4.69, 9.17) is 19.3 Å². The minimum Gasteiger partial charge on any atom is -0.479 e. The van der Waals surface area contributed by atoms with Gasteiger partial charge in [-0.15, -0.1) is 0 Å². The third kappa shape index (κ3) is 4.41. The fraction of sp³-hybridized carbons (Fsp3) is 0.500. The van der Waals surface area contributed by atoms with Crippen molar-refractivity contribution < 1.29 is 44.2 Å². The summed E-state index contributed by atoms with van der Waals surface area (Å²) in [6.45, 7) is 1.34. The van der Waals surface area contributed by atoms with Gasteiger partial charge in [-0.1, -0.05) is 6.07 Å². The van der Waals surface area contributed by atoms with Crippen LogP contribution in [0.2, 0.25) is 0 Å². The lowest BCUT2D eigenvalue weighted by molar-refractivity contribution is -0.271. The van der Waals surface area contributed by atoms with E-state index < -0.39 is 42.6 Å². The highest BCUT2D eigenvalue weighted by Crippen LogP contribution is 2.30. The number of nitrogens with one attached hydrogen (secondary N) is 1. The Balaban J connectivity index is 2.18. The highest BCUT2D eigenvalue weighted by molar-refractivity contribution is 5.73. The SMILES string of the molecule is CNc1cc(COC(C)=O)ccc1O[C@@H]1O[C@H](C(=O)O)[C@@H](O)[C@H](O)[C@H]1O. The van der Waals surface area contributed by atoms with Gasteiger partial charge >= 0.3 is 11.9 Å². The van der Waals surface area contributed by atoms with Gasteiger partial charge in [0.2, 0.25) is 6.29 Å². The normalized spacial score (nSPS) is 28.3. The first-order chi connectivity index (χ1) is 12.2. The second kappa shape index (κ2) is 8.32. The van der Waals surface area contributed by atoms with Crippen LogP contribution in [0.5, 0.6) is 5.75 Å². The van der Waals surface area contributed by atoms with Crippen LogP contribution in [0.25, 0.3) is 0 Å². The van der Waals surface area contributed by atoms with Gasteiger partial charge in [0.05, 0.1) is 5.69 Å². The maximum absolute atomic E-state index is 11.1. The van der Waals surface area contributed by atoms with E-state index in [9.17, 15) is 24.9 Å². The molecule has 1 fully saturated rings. The van der Waals surface area contributed by atoms with Crippen molar-refractivity contribution in [1.29, 1.82) is 0 Å². The van der Waals surface area contributed by atoms with Crippen LogP contribution in [0.3, 0.4) is 0 Å². The van der Waals surface area contributed by atoms with E-state index in [0.29, 0.717) is 11.3 Å². The maximum atomic E-state index is 11.1. The van der Waals surface area contributed by atoms with E-state index >= 15 is 0 Å². The van der Waals surface area contributed by atoms with Crippen molar-refractivity contribution in [2.75, 3.05) is 12.4 Å². The molecule has 1 aromatic rings. The first-order valence-corrected chi connectivity index (χ1v) is 7.77. The number of aliphatic hydroxyl groups is 3. The summed E-state index contributed by atoms with van der Waals surface area (Å²) in [6, 6.07) is 4.75. The van der Waals surface area contributed by atoms with Crippen molar-refractivity contribution in [3.8, 4) is 5.75 Å². The number of aliphatic hydroxyl groups excluding tert-OH is 3. The summed E-state index contributed by atoms with van der Waals surface area (Å²) in [5.41, 5.74) is 1.12. The largest absolute Gasteiger partial charge is 0.479 e. The molecule has 5 N–H and O–H groups in total. The lowest BCUT2D eigenvalue weighted by atomic mass is 9.99. The average molecular weight is 371 g/mol. The third-order valence-corrected chi connectivity index (χ3v) is 3.81. The Hall–Kier alpha value is -2.40. The summed E-state index contributed by atoms with van der Waals surface area (Å²) in [5.74, 6) is -1.72. The van der Waals surface area contributed by atoms with Crippen LogP contribution >= 0.6 is 0 Å². The summed E-state index contributed by atoms with van der Waals surface area (Å²) in [7, 11) is 1.61. The molecule has 0 unspecified atom stereocenters. The Bertz CT molecular complexity index is 665. The van der Waals surface area contributed by atoms with Crippen LogP contribution in [-0.4, -0.2) is 70.1 Å². The van der Waals surface area contributed by atoms with E-state index in [1.807, 2.05) is 0 Å². The average Bonchev–Trinajstić information content (AvgIpc) is 2.60. The van der Waals surface area contributed by atoms with E-state index in [1.54, 1.807) is 19.2 Å². The van der Waals surface area contributed by atoms with Gasteiger partial charge in [0, 0.05) is 14.0 Å². The molecule has 26 heavy (non-hydrogen) atoms. The van der Waals surface area contributed by atoms with E-state index in [-0.39, 0.29) is 12.4 Å². The fourth-order valence-corrected chi connectivity index (χ4v) is 2.42. The number of hydrogen-bond acceptors (Lipinski definition) is 9. The molecular weight excluding hydrogens is 350 g/mol. The van der Waals surface area contributed by atoms with Crippen molar-refractivity contribution in [1.82, 2.24) is 0 Å². The number of ether oxygens (including phenoxy) is 3. The van der Waals surface area contributed by atoms with Crippen molar-refractivity contribution in [3.63, 3.8) is 0 Å². The number of carboxylic acid groups (broad SMARTS) is 1. The van der Waals surface area contributed by atoms with Crippen molar-refractivity contribution in [3.05, 3.63) is 23.8 Å². The fourth-order valence-electron chi connectivity index (χ4n) is 2.42. The summed E-state index contributed by atoms with van der Waals surface area (Å²) in [4.78, 5) is 22.0. The lowest BCUT2D eigenvalue weighted by Gasteiger charge is -2.38. The number of carboxylic acids is 1. The van der Waals surface area contributed by atoms with Crippen molar-refractivity contribution in [2.24, 2.45) is 0 Å². The van der Waals surface area contributed by atoms with Gasteiger partial charge in [-0.25, -0.2) is 4.79 Å². The number of carbonyl (C=O) groups excluding carboxylic acids is 1. The van der Waals surface area contributed by atoms with Gasteiger partial charge < -0.3 is 40.0 Å². The summed E-state index contributed by atoms with van der Waals surface area (Å²) in [6.07, 6.45) is -8.47. The molecule has 1 aliphatic rings. The first-order valence-electron chi connectivity index (χ1n) is 7.77. The zero-order chi connectivity index (χ0) is 19.4. The minimum atomic E-state index is -1.79. The Morgan fingerprint density at radius 2 is 1.88 bits per heavy atom. The predicted octanol–water partition coefficient (Wildman–Crippen LogP) is -0.938. The number of aliphatic carboxylic acids is 1. The second-order valence-corrected chi connectivity index (χ2v) is 5.71. The number of esters is 1. The number of anilines is 1. The third-order valence-electron chi connectivity index (χ3n) is 3.81. The van der Waals surface area contributed by atoms with Gasteiger partial charge in [0.25, 0.3) is 0 Å². The van der Waals surface area contributed by atoms with Crippen LogP contribution < -0.4 is 10.1 Å². The van der Waals surface area contributed by atoms with Gasteiger partial charge in [-0.05, 0) is 17.7 Å². The zero-order valence-corrected chi connectivity index (χ0v) is 14.2. The number of rotatable bonds is 6. The maximum Gasteiger partial charge on any atom is 0.335 e. The highest BCUT2D eigenvalue weighted by Gasteiger charge is 2.48. The van der Waals surface area contributed by atoms with Gasteiger partial charge in [0.15, 0.2) is 6.10 Å². The molecule has 0 amide bonds. The van der Waals surface area contributed by atoms with Crippen LogP contribution in [0.4, 0.5) is 5.69 Å². The monoisotopic (exact) mass is 371 g/mol. The molecule has 1 heterocycles. The molecule has 10 nitrogen and oxygen atoms in total. The molecular formula is C16H21NO9. The van der Waals surface area contributed by atoms with Crippen LogP contribution in [0.15, 0.2) is 18.2 Å². The predicted molar refractivity (Wildman–Crippen MR) is 86.4 cm³/mol. The van der Waals surface area contributed by atoms with Crippen LogP contribution in [0, 0.1) is 0 Å². The molecule has 0 bridgehead atoms. The highest BCUT2D eigenvalue weighted by atomic mass is 16.7. The number of carbonyl (C=O) groups is 2. The van der Waals surface area contributed by atoms with Crippen molar-refractivity contribution in [2.45, 2.75) is 44.2 Å². The summed E-state index contributed by atoms with van der Waals surface area (Å²) in [5, 5.41) is 41.4. The Kier molecular flexibility index (Phi) is 6.37. The Labute approximate surface area is 148 Å². The van der Waals surface area contributed by atoms with E-state index in [2.05, 4.69) is 5.32 Å². The molecule has 144 valence electrons. The quantitative estimate of drug-likeness (QED) is 0.396. The molecule has 1 aromatic carbocycles. The Morgan fingerprint density at radius 1 is 1.19 bits per heavy atom. The second-order valence-electron chi connectivity index (χ2n) is 5.71. The molecule has 1 aliphatic heterocycles. The molecule has 0 spiro atoms. The van der Waals surface area contributed by atoms with Gasteiger partial charge in [-0.2, -0.15) is 0 Å². The molecule has 5 atom stereocenters. The Morgan fingerprint density at radius 3 is 2.46 bits per heavy atom. The van der Waals surface area contributed by atoms with Gasteiger partial charge in [0.1, 0.15) is 30.7 Å². The molecule has 0 aliphatic carbocycles. The molecule has 1 saturated heterocycles. The molecule has 2 rings (SSSR count). The van der Waals surface area contributed by atoms with E-state index in [0.717, 1.165) is 0 Å². The first kappa shape index (κ1) is 19.9. The smallest absolute Gasteiger partial charge is 0.335 e.